The van der Waals surface area contributed by atoms with Crippen molar-refractivity contribution in [3.8, 4) is 22.8 Å². The molecule has 0 fully saturated rings. The highest BCUT2D eigenvalue weighted by Gasteiger charge is 2.23. The standard InChI is InChI=1S/C20H16F2N6O3/c21-20(22)31-16-7-11-3-1-6-30-15(11)8-12(16)17-14(10-24-27-17)26-19(29)13-9-25-28-5-2-4-23-18(13)28/h2,4-5,7-10,20H,1,3,6H2,(H,24,27)(H,26,29). The summed E-state index contributed by atoms with van der Waals surface area (Å²) in [5.74, 6) is 0.0834. The number of ether oxygens (including phenoxy) is 2. The van der Waals surface area contributed by atoms with Crippen LogP contribution in [0.5, 0.6) is 11.5 Å². The zero-order valence-electron chi connectivity index (χ0n) is 16.0. The predicted octanol–water partition coefficient (Wildman–Crippen LogP) is 3.30. The van der Waals surface area contributed by atoms with Gasteiger partial charge in [-0.05, 0) is 36.6 Å². The molecule has 9 nitrogen and oxygen atoms in total. The number of rotatable bonds is 5. The van der Waals surface area contributed by atoms with Gasteiger partial charge in [-0.3, -0.25) is 9.89 Å². The Labute approximate surface area is 174 Å². The van der Waals surface area contributed by atoms with Crippen LogP contribution in [0.1, 0.15) is 22.3 Å². The van der Waals surface area contributed by atoms with Crippen LogP contribution in [0, 0.1) is 0 Å². The zero-order chi connectivity index (χ0) is 21.4. The van der Waals surface area contributed by atoms with E-state index in [1.54, 1.807) is 24.5 Å². The number of benzene rings is 1. The summed E-state index contributed by atoms with van der Waals surface area (Å²) in [4.78, 5) is 17.0. The second-order valence-electron chi connectivity index (χ2n) is 6.85. The van der Waals surface area contributed by atoms with Crippen LogP contribution in [0.15, 0.2) is 43.0 Å². The minimum atomic E-state index is -3.01. The van der Waals surface area contributed by atoms with Crippen LogP contribution in [0.3, 0.4) is 0 Å². The summed E-state index contributed by atoms with van der Waals surface area (Å²) in [5, 5.41) is 13.5. The van der Waals surface area contributed by atoms with Crippen LogP contribution < -0.4 is 14.8 Å². The van der Waals surface area contributed by atoms with E-state index in [-0.39, 0.29) is 17.0 Å². The number of hydrogen-bond donors (Lipinski definition) is 2. The van der Waals surface area contributed by atoms with Crippen LogP contribution in [-0.4, -0.2) is 43.9 Å². The van der Waals surface area contributed by atoms with Gasteiger partial charge in [-0.25, -0.2) is 9.50 Å². The number of nitrogens with zero attached hydrogens (tertiary/aromatic N) is 4. The van der Waals surface area contributed by atoms with Crippen molar-refractivity contribution in [3.63, 3.8) is 0 Å². The molecule has 0 radical (unpaired) electrons. The molecule has 1 aromatic carbocycles. The van der Waals surface area contributed by atoms with Gasteiger partial charge in [0.1, 0.15) is 17.1 Å². The maximum Gasteiger partial charge on any atom is 0.387 e. The smallest absolute Gasteiger partial charge is 0.387 e. The number of hydrogen-bond acceptors (Lipinski definition) is 6. The Morgan fingerprint density at radius 1 is 1.32 bits per heavy atom. The fourth-order valence-electron chi connectivity index (χ4n) is 3.53. The van der Waals surface area contributed by atoms with E-state index in [1.807, 2.05) is 0 Å². The third-order valence-electron chi connectivity index (χ3n) is 4.91. The summed E-state index contributed by atoms with van der Waals surface area (Å²) < 4.78 is 38.0. The van der Waals surface area contributed by atoms with E-state index in [9.17, 15) is 13.6 Å². The first kappa shape index (κ1) is 19.0. The minimum absolute atomic E-state index is 0.0309. The van der Waals surface area contributed by atoms with Gasteiger partial charge >= 0.3 is 6.61 Å². The van der Waals surface area contributed by atoms with E-state index in [2.05, 4.69) is 25.6 Å². The van der Waals surface area contributed by atoms with Gasteiger partial charge in [0.15, 0.2) is 5.65 Å². The van der Waals surface area contributed by atoms with Crippen LogP contribution >= 0.6 is 0 Å². The van der Waals surface area contributed by atoms with Gasteiger partial charge in [-0.1, -0.05) is 0 Å². The molecule has 0 spiro atoms. The first-order chi connectivity index (χ1) is 15.1. The molecule has 1 aliphatic heterocycles. The second-order valence-corrected chi connectivity index (χ2v) is 6.85. The molecular formula is C20H16F2N6O3. The van der Waals surface area contributed by atoms with Crippen LogP contribution in [0.4, 0.5) is 14.5 Å². The molecule has 1 aliphatic rings. The third-order valence-corrected chi connectivity index (χ3v) is 4.91. The number of H-pyrrole nitrogens is 1. The molecular weight excluding hydrogens is 410 g/mol. The molecule has 0 saturated carbocycles. The summed E-state index contributed by atoms with van der Waals surface area (Å²) in [7, 11) is 0. The molecule has 4 aromatic rings. The van der Waals surface area contributed by atoms with E-state index >= 15 is 0 Å². The van der Waals surface area contributed by atoms with Crippen LogP contribution in [0.2, 0.25) is 0 Å². The lowest BCUT2D eigenvalue weighted by atomic mass is 10.0. The fraction of sp³-hybridized carbons (Fsp3) is 0.200. The van der Waals surface area contributed by atoms with Gasteiger partial charge in [0.05, 0.1) is 30.4 Å². The lowest BCUT2D eigenvalue weighted by Gasteiger charge is -2.20. The number of amides is 1. The van der Waals surface area contributed by atoms with E-state index in [0.29, 0.717) is 35.7 Å². The second kappa shape index (κ2) is 7.67. The van der Waals surface area contributed by atoms with Gasteiger partial charge in [-0.15, -0.1) is 0 Å². The Balaban J connectivity index is 1.52. The van der Waals surface area contributed by atoms with E-state index in [0.717, 1.165) is 12.0 Å². The number of halogens is 2. The van der Waals surface area contributed by atoms with Crippen molar-refractivity contribution in [2.45, 2.75) is 19.5 Å². The summed E-state index contributed by atoms with van der Waals surface area (Å²) in [6.45, 7) is -2.47. The van der Waals surface area contributed by atoms with E-state index in [1.165, 1.54) is 23.0 Å². The molecule has 4 heterocycles. The van der Waals surface area contributed by atoms with Crippen molar-refractivity contribution >= 4 is 17.2 Å². The maximum atomic E-state index is 13.1. The largest absolute Gasteiger partial charge is 0.493 e. The molecule has 3 aromatic heterocycles. The molecule has 1 amide bonds. The SMILES string of the molecule is O=C(Nc1cn[nH]c1-c1cc2c(cc1OC(F)F)CCCO2)c1cnn2cccnc12. The monoisotopic (exact) mass is 426 g/mol. The number of aromatic amines is 1. The number of anilines is 1. The molecule has 0 unspecified atom stereocenters. The molecule has 158 valence electrons. The van der Waals surface area contributed by atoms with Crippen molar-refractivity contribution in [2.75, 3.05) is 11.9 Å². The van der Waals surface area contributed by atoms with E-state index in [4.69, 9.17) is 9.47 Å². The molecule has 5 rings (SSSR count). The normalized spacial score (nSPS) is 13.1. The third kappa shape index (κ3) is 3.54. The van der Waals surface area contributed by atoms with Crippen molar-refractivity contribution in [1.29, 1.82) is 0 Å². The number of nitrogens with one attached hydrogen (secondary N) is 2. The number of alkyl halides is 2. The lowest BCUT2D eigenvalue weighted by molar-refractivity contribution is -0.0495. The summed E-state index contributed by atoms with van der Waals surface area (Å²) >= 11 is 0. The molecule has 2 N–H and O–H groups in total. The number of aryl methyl sites for hydroxylation is 1. The van der Waals surface area contributed by atoms with Gasteiger partial charge in [0.25, 0.3) is 5.91 Å². The topological polar surface area (TPSA) is 106 Å². The van der Waals surface area contributed by atoms with E-state index < -0.39 is 12.5 Å². The maximum absolute atomic E-state index is 13.1. The summed E-state index contributed by atoms with van der Waals surface area (Å²) in [6, 6.07) is 4.85. The van der Waals surface area contributed by atoms with Crippen molar-refractivity contribution in [3.05, 3.63) is 54.1 Å². The van der Waals surface area contributed by atoms with Crippen LogP contribution in [0.25, 0.3) is 16.9 Å². The van der Waals surface area contributed by atoms with Gasteiger partial charge < -0.3 is 14.8 Å². The van der Waals surface area contributed by atoms with Gasteiger partial charge in [0.2, 0.25) is 0 Å². The van der Waals surface area contributed by atoms with Crippen molar-refractivity contribution < 1.29 is 23.0 Å². The quantitative estimate of drug-likeness (QED) is 0.507. The molecule has 11 heteroatoms. The molecule has 0 aliphatic carbocycles. The fourth-order valence-corrected chi connectivity index (χ4v) is 3.53. The molecule has 0 saturated heterocycles. The first-order valence-corrected chi connectivity index (χ1v) is 9.48. The summed E-state index contributed by atoms with van der Waals surface area (Å²) in [6.07, 6.45) is 7.50. The molecule has 31 heavy (non-hydrogen) atoms. The number of fused-ring (bicyclic) bond motifs is 2. The molecule has 0 atom stereocenters. The number of carbonyl (C=O) groups is 1. The highest BCUT2D eigenvalue weighted by atomic mass is 19.3. The van der Waals surface area contributed by atoms with Gasteiger partial charge in [-0.2, -0.15) is 19.0 Å². The lowest BCUT2D eigenvalue weighted by Crippen LogP contribution is -2.13. The highest BCUT2D eigenvalue weighted by Crippen LogP contribution is 2.40. The highest BCUT2D eigenvalue weighted by molar-refractivity contribution is 6.09. The van der Waals surface area contributed by atoms with Crippen molar-refractivity contribution in [1.82, 2.24) is 24.8 Å². The average molecular weight is 426 g/mol. The first-order valence-electron chi connectivity index (χ1n) is 9.48. The Morgan fingerprint density at radius 3 is 3.10 bits per heavy atom. The van der Waals surface area contributed by atoms with Crippen molar-refractivity contribution in [2.24, 2.45) is 0 Å². The Morgan fingerprint density at radius 2 is 2.23 bits per heavy atom. The summed E-state index contributed by atoms with van der Waals surface area (Å²) in [5.41, 5.74) is 2.32. The zero-order valence-corrected chi connectivity index (χ0v) is 16.0. The minimum Gasteiger partial charge on any atom is -0.493 e. The molecule has 0 bridgehead atoms. The Hall–Kier alpha value is -4.02. The predicted molar refractivity (Wildman–Crippen MR) is 105 cm³/mol. The Bertz CT molecular complexity index is 1270. The van der Waals surface area contributed by atoms with Gasteiger partial charge in [0, 0.05) is 18.0 Å². The average Bonchev–Trinajstić information content (AvgIpc) is 3.40. The Kier molecular flexibility index (Phi) is 4.69. The van der Waals surface area contributed by atoms with Crippen LogP contribution in [-0.2, 0) is 6.42 Å². The number of aromatic nitrogens is 5. The number of carbonyl (C=O) groups excluding carboxylic acids is 1.